The molecule has 0 bridgehead atoms. The van der Waals surface area contributed by atoms with Crippen LogP contribution in [-0.2, 0) is 6.42 Å². The first kappa shape index (κ1) is 11.9. The van der Waals surface area contributed by atoms with E-state index in [1.54, 1.807) is 10.6 Å². The summed E-state index contributed by atoms with van der Waals surface area (Å²) in [6, 6.07) is 3.43. The number of rotatable bonds is 4. The van der Waals surface area contributed by atoms with Crippen LogP contribution in [0.25, 0.3) is 0 Å². The standard InChI is InChI=1S/C13H17NO3/c1-8(2)7-10-5-6-11(13(16)17)12(15)14(10)9-3-4-9/h5-6,8-9H,3-4,7H2,1-2H3,(H,16,17). The smallest absolute Gasteiger partial charge is 0.341 e. The molecule has 4 nitrogen and oxygen atoms in total. The van der Waals surface area contributed by atoms with E-state index in [9.17, 15) is 9.59 Å². The number of carboxylic acid groups (broad SMARTS) is 1. The van der Waals surface area contributed by atoms with Crippen LogP contribution in [0.3, 0.4) is 0 Å². The summed E-state index contributed by atoms with van der Waals surface area (Å²) in [6.07, 6.45) is 2.77. The van der Waals surface area contributed by atoms with Crippen LogP contribution >= 0.6 is 0 Å². The fraction of sp³-hybridized carbons (Fsp3) is 0.538. The Morgan fingerprint density at radius 1 is 1.47 bits per heavy atom. The van der Waals surface area contributed by atoms with Gasteiger partial charge in [0.05, 0.1) is 0 Å². The molecule has 0 unspecified atom stereocenters. The monoisotopic (exact) mass is 235 g/mol. The average Bonchev–Trinajstić information content (AvgIpc) is 3.00. The lowest BCUT2D eigenvalue weighted by Crippen LogP contribution is -2.28. The molecular weight excluding hydrogens is 218 g/mol. The van der Waals surface area contributed by atoms with E-state index in [2.05, 4.69) is 13.8 Å². The maximum absolute atomic E-state index is 12.1. The molecule has 4 heteroatoms. The quantitative estimate of drug-likeness (QED) is 0.869. The molecule has 0 radical (unpaired) electrons. The molecule has 1 N–H and O–H groups in total. The summed E-state index contributed by atoms with van der Waals surface area (Å²) >= 11 is 0. The number of carbonyl (C=O) groups is 1. The Hall–Kier alpha value is -1.58. The zero-order chi connectivity index (χ0) is 12.6. The fourth-order valence-electron chi connectivity index (χ4n) is 2.07. The van der Waals surface area contributed by atoms with Crippen molar-refractivity contribution in [1.82, 2.24) is 4.57 Å². The number of hydrogen-bond acceptors (Lipinski definition) is 2. The zero-order valence-electron chi connectivity index (χ0n) is 10.1. The molecule has 1 aliphatic carbocycles. The number of aromatic nitrogens is 1. The van der Waals surface area contributed by atoms with Crippen molar-refractivity contribution >= 4 is 5.97 Å². The Bertz CT molecular complexity index is 498. The molecule has 0 aliphatic heterocycles. The summed E-state index contributed by atoms with van der Waals surface area (Å²) in [5.41, 5.74) is 0.486. The summed E-state index contributed by atoms with van der Waals surface area (Å²) in [4.78, 5) is 23.0. The molecule has 1 fully saturated rings. The molecule has 0 spiro atoms. The van der Waals surface area contributed by atoms with Gasteiger partial charge in [0, 0.05) is 11.7 Å². The van der Waals surface area contributed by atoms with E-state index < -0.39 is 5.97 Å². The summed E-state index contributed by atoms with van der Waals surface area (Å²) in [6.45, 7) is 4.18. The largest absolute Gasteiger partial charge is 0.477 e. The van der Waals surface area contributed by atoms with Crippen LogP contribution in [0.4, 0.5) is 0 Å². The van der Waals surface area contributed by atoms with Crippen molar-refractivity contribution in [1.29, 1.82) is 0 Å². The van der Waals surface area contributed by atoms with Crippen molar-refractivity contribution in [3.05, 3.63) is 33.7 Å². The van der Waals surface area contributed by atoms with Gasteiger partial charge >= 0.3 is 5.97 Å². The predicted octanol–water partition coefficient (Wildman–Crippen LogP) is 2.08. The molecule has 1 aliphatic rings. The lowest BCUT2D eigenvalue weighted by Gasteiger charge is -2.14. The van der Waals surface area contributed by atoms with Crippen molar-refractivity contribution in [2.24, 2.45) is 5.92 Å². The predicted molar refractivity (Wildman–Crippen MR) is 64.5 cm³/mol. The Balaban J connectivity index is 2.51. The van der Waals surface area contributed by atoms with Gasteiger partial charge in [0.25, 0.3) is 5.56 Å². The highest BCUT2D eigenvalue weighted by Crippen LogP contribution is 2.35. The van der Waals surface area contributed by atoms with Crippen LogP contribution < -0.4 is 5.56 Å². The van der Waals surface area contributed by atoms with E-state index in [-0.39, 0.29) is 17.2 Å². The van der Waals surface area contributed by atoms with Crippen LogP contribution in [0.15, 0.2) is 16.9 Å². The first-order valence-electron chi connectivity index (χ1n) is 5.98. The third-order valence-corrected chi connectivity index (χ3v) is 2.96. The lowest BCUT2D eigenvalue weighted by molar-refractivity contribution is 0.0694. The second-order valence-electron chi connectivity index (χ2n) is 5.05. The number of hydrogen-bond donors (Lipinski definition) is 1. The molecule has 0 amide bonds. The molecule has 2 rings (SSSR count). The average molecular weight is 235 g/mol. The molecule has 0 atom stereocenters. The highest BCUT2D eigenvalue weighted by atomic mass is 16.4. The van der Waals surface area contributed by atoms with Gasteiger partial charge in [-0.05, 0) is 37.3 Å². The molecule has 1 aromatic rings. The van der Waals surface area contributed by atoms with Gasteiger partial charge in [0.1, 0.15) is 5.56 Å². The third kappa shape index (κ3) is 2.40. The highest BCUT2D eigenvalue weighted by Gasteiger charge is 2.28. The summed E-state index contributed by atoms with van der Waals surface area (Å²) in [5.74, 6) is -0.685. The Morgan fingerprint density at radius 2 is 2.12 bits per heavy atom. The Labute approximate surface area is 99.9 Å². The summed E-state index contributed by atoms with van der Waals surface area (Å²) in [7, 11) is 0. The minimum absolute atomic E-state index is 0.121. The van der Waals surface area contributed by atoms with Gasteiger partial charge in [-0.25, -0.2) is 4.79 Å². The molecular formula is C13H17NO3. The van der Waals surface area contributed by atoms with E-state index in [4.69, 9.17) is 5.11 Å². The van der Waals surface area contributed by atoms with Gasteiger partial charge in [-0.15, -0.1) is 0 Å². The van der Waals surface area contributed by atoms with Crippen LogP contribution in [0.5, 0.6) is 0 Å². The van der Waals surface area contributed by atoms with Gasteiger partial charge in [0.15, 0.2) is 0 Å². The van der Waals surface area contributed by atoms with Gasteiger partial charge in [-0.1, -0.05) is 13.8 Å². The zero-order valence-corrected chi connectivity index (χ0v) is 10.1. The van der Waals surface area contributed by atoms with Gasteiger partial charge in [-0.3, -0.25) is 4.79 Å². The van der Waals surface area contributed by atoms with Crippen molar-refractivity contribution in [2.75, 3.05) is 0 Å². The molecule has 1 saturated carbocycles. The summed E-state index contributed by atoms with van der Waals surface area (Å²) < 4.78 is 1.68. The maximum atomic E-state index is 12.1. The SMILES string of the molecule is CC(C)Cc1ccc(C(=O)O)c(=O)n1C1CC1. The summed E-state index contributed by atoms with van der Waals surface area (Å²) in [5, 5.41) is 8.95. The van der Waals surface area contributed by atoms with E-state index in [0.717, 1.165) is 25.0 Å². The van der Waals surface area contributed by atoms with E-state index >= 15 is 0 Å². The lowest BCUT2D eigenvalue weighted by atomic mass is 10.1. The van der Waals surface area contributed by atoms with Gasteiger partial charge < -0.3 is 9.67 Å². The molecule has 1 heterocycles. The molecule has 17 heavy (non-hydrogen) atoms. The minimum Gasteiger partial charge on any atom is -0.477 e. The van der Waals surface area contributed by atoms with E-state index in [1.807, 2.05) is 0 Å². The van der Waals surface area contributed by atoms with Crippen molar-refractivity contribution in [3.8, 4) is 0 Å². The van der Waals surface area contributed by atoms with Gasteiger partial charge in [0.2, 0.25) is 0 Å². The van der Waals surface area contributed by atoms with Crippen LogP contribution in [0, 0.1) is 5.92 Å². The Kier molecular flexibility index (Phi) is 3.05. The molecule has 92 valence electrons. The second kappa shape index (κ2) is 4.35. The number of aromatic carboxylic acids is 1. The van der Waals surface area contributed by atoms with Crippen LogP contribution in [-0.4, -0.2) is 15.6 Å². The molecule has 0 aromatic carbocycles. The van der Waals surface area contributed by atoms with Crippen molar-refractivity contribution in [3.63, 3.8) is 0 Å². The number of nitrogens with zero attached hydrogens (tertiary/aromatic N) is 1. The molecule has 0 saturated heterocycles. The molecule has 1 aromatic heterocycles. The van der Waals surface area contributed by atoms with E-state index in [1.165, 1.54) is 6.07 Å². The Morgan fingerprint density at radius 3 is 2.59 bits per heavy atom. The van der Waals surface area contributed by atoms with E-state index in [0.29, 0.717) is 5.92 Å². The topological polar surface area (TPSA) is 59.3 Å². The second-order valence-corrected chi connectivity index (χ2v) is 5.05. The minimum atomic E-state index is -1.14. The number of pyridine rings is 1. The first-order chi connectivity index (χ1) is 8.00. The van der Waals surface area contributed by atoms with Crippen molar-refractivity contribution < 1.29 is 9.90 Å². The third-order valence-electron chi connectivity index (χ3n) is 2.96. The van der Waals surface area contributed by atoms with Crippen LogP contribution in [0.1, 0.15) is 48.8 Å². The number of carboxylic acids is 1. The maximum Gasteiger partial charge on any atom is 0.341 e. The van der Waals surface area contributed by atoms with Gasteiger partial charge in [-0.2, -0.15) is 0 Å². The highest BCUT2D eigenvalue weighted by molar-refractivity contribution is 5.87. The van der Waals surface area contributed by atoms with Crippen LogP contribution in [0.2, 0.25) is 0 Å². The first-order valence-corrected chi connectivity index (χ1v) is 5.98. The fourth-order valence-corrected chi connectivity index (χ4v) is 2.07. The normalized spacial score (nSPS) is 15.2. The van der Waals surface area contributed by atoms with Crippen molar-refractivity contribution in [2.45, 2.75) is 39.2 Å².